The molecular formula is C18H14O3S2. The zero-order valence-corrected chi connectivity index (χ0v) is 14.0. The van der Waals surface area contributed by atoms with E-state index in [-0.39, 0.29) is 11.9 Å². The first kappa shape index (κ1) is 15.6. The third-order valence-electron chi connectivity index (χ3n) is 3.36. The smallest absolute Gasteiger partial charge is 0.339 e. The average Bonchev–Trinajstić information content (AvgIpc) is 3.27. The fraction of sp³-hybridized carbons (Fsp3) is 0.111. The van der Waals surface area contributed by atoms with Gasteiger partial charge in [-0.25, -0.2) is 4.79 Å². The zero-order valence-electron chi connectivity index (χ0n) is 12.4. The Bertz CT molecular complexity index is 805. The van der Waals surface area contributed by atoms with Gasteiger partial charge in [0, 0.05) is 10.4 Å². The van der Waals surface area contributed by atoms with Crippen LogP contribution in [0.2, 0.25) is 0 Å². The van der Waals surface area contributed by atoms with E-state index in [0.717, 1.165) is 4.88 Å². The summed E-state index contributed by atoms with van der Waals surface area (Å²) in [6.45, 7) is 1.83. The molecule has 5 heteroatoms. The second kappa shape index (κ2) is 6.89. The van der Waals surface area contributed by atoms with Gasteiger partial charge in [-0.3, -0.25) is 4.79 Å². The molecule has 2 aromatic heterocycles. The van der Waals surface area contributed by atoms with Gasteiger partial charge >= 0.3 is 5.97 Å². The second-order valence-electron chi connectivity index (χ2n) is 4.91. The molecule has 0 spiro atoms. The number of hydrogen-bond acceptors (Lipinski definition) is 5. The molecule has 0 saturated carbocycles. The Morgan fingerprint density at radius 3 is 2.26 bits per heavy atom. The van der Waals surface area contributed by atoms with E-state index in [1.165, 1.54) is 22.7 Å². The Morgan fingerprint density at radius 1 is 0.913 bits per heavy atom. The van der Waals surface area contributed by atoms with Gasteiger partial charge in [-0.05, 0) is 35.9 Å². The van der Waals surface area contributed by atoms with Crippen molar-refractivity contribution in [2.45, 2.75) is 13.0 Å². The van der Waals surface area contributed by atoms with Gasteiger partial charge in [0.15, 0.2) is 0 Å². The van der Waals surface area contributed by atoms with Crippen molar-refractivity contribution in [1.82, 2.24) is 0 Å². The number of hydrogen-bond donors (Lipinski definition) is 0. The Labute approximate surface area is 142 Å². The van der Waals surface area contributed by atoms with E-state index in [4.69, 9.17) is 4.74 Å². The molecule has 0 bridgehead atoms. The first-order valence-corrected chi connectivity index (χ1v) is 8.84. The number of esters is 1. The van der Waals surface area contributed by atoms with Gasteiger partial charge in [0.25, 0.3) is 0 Å². The van der Waals surface area contributed by atoms with Crippen molar-refractivity contribution in [3.05, 3.63) is 80.2 Å². The first-order valence-electron chi connectivity index (χ1n) is 7.08. The van der Waals surface area contributed by atoms with Crippen LogP contribution in [0.4, 0.5) is 0 Å². The molecule has 1 unspecified atom stereocenters. The first-order chi connectivity index (χ1) is 11.2. The minimum atomic E-state index is -0.480. The number of ketones is 1. The molecule has 0 aliphatic carbocycles. The molecule has 1 atom stereocenters. The standard InChI is InChI=1S/C18H14O3S2/c1-12(15-8-4-10-22-15)21-18(20)14-7-3-2-6-13(14)17(19)16-9-5-11-23-16/h2-12H,1H3. The number of rotatable bonds is 5. The second-order valence-corrected chi connectivity index (χ2v) is 6.84. The zero-order chi connectivity index (χ0) is 16.2. The van der Waals surface area contributed by atoms with Crippen LogP contribution in [0.5, 0.6) is 0 Å². The van der Waals surface area contributed by atoms with E-state index in [0.29, 0.717) is 16.0 Å². The SMILES string of the molecule is CC(OC(=O)c1ccccc1C(=O)c1cccs1)c1cccs1. The molecule has 0 fully saturated rings. The van der Waals surface area contributed by atoms with Crippen LogP contribution < -0.4 is 0 Å². The molecular weight excluding hydrogens is 328 g/mol. The number of carbonyl (C=O) groups is 2. The van der Waals surface area contributed by atoms with E-state index in [1.54, 1.807) is 30.3 Å². The summed E-state index contributed by atoms with van der Waals surface area (Å²) in [7, 11) is 0. The highest BCUT2D eigenvalue weighted by atomic mass is 32.1. The Hall–Kier alpha value is -2.24. The molecule has 0 N–H and O–H groups in total. The van der Waals surface area contributed by atoms with Crippen LogP contribution in [0.15, 0.2) is 59.3 Å². The predicted octanol–water partition coefficient (Wildman–Crippen LogP) is 4.96. The summed E-state index contributed by atoms with van der Waals surface area (Å²) < 4.78 is 5.51. The van der Waals surface area contributed by atoms with E-state index in [2.05, 4.69) is 0 Å². The van der Waals surface area contributed by atoms with Crippen molar-refractivity contribution >= 4 is 34.4 Å². The van der Waals surface area contributed by atoms with E-state index in [9.17, 15) is 9.59 Å². The molecule has 1 aromatic carbocycles. The fourth-order valence-corrected chi connectivity index (χ4v) is 3.59. The van der Waals surface area contributed by atoms with Gasteiger partial charge in [-0.15, -0.1) is 22.7 Å². The molecule has 0 radical (unpaired) electrons. The quantitative estimate of drug-likeness (QED) is 0.486. The lowest BCUT2D eigenvalue weighted by Crippen LogP contribution is -2.13. The van der Waals surface area contributed by atoms with Crippen LogP contribution in [0.25, 0.3) is 0 Å². The lowest BCUT2D eigenvalue weighted by atomic mass is 10.0. The monoisotopic (exact) mass is 342 g/mol. The molecule has 3 nitrogen and oxygen atoms in total. The maximum atomic E-state index is 12.6. The van der Waals surface area contributed by atoms with Gasteiger partial charge in [-0.1, -0.05) is 30.3 Å². The van der Waals surface area contributed by atoms with Crippen molar-refractivity contribution in [2.24, 2.45) is 0 Å². The van der Waals surface area contributed by atoms with Crippen LogP contribution in [0.1, 0.15) is 43.5 Å². The third kappa shape index (κ3) is 3.41. The van der Waals surface area contributed by atoms with Gasteiger partial charge in [0.2, 0.25) is 5.78 Å². The van der Waals surface area contributed by atoms with Crippen LogP contribution in [-0.4, -0.2) is 11.8 Å². The maximum Gasteiger partial charge on any atom is 0.339 e. The minimum absolute atomic E-state index is 0.156. The van der Waals surface area contributed by atoms with E-state index >= 15 is 0 Å². The number of ether oxygens (including phenoxy) is 1. The highest BCUT2D eigenvalue weighted by Crippen LogP contribution is 2.25. The summed E-state index contributed by atoms with van der Waals surface area (Å²) in [6.07, 6.45) is -0.340. The molecule has 2 heterocycles. The summed E-state index contributed by atoms with van der Waals surface area (Å²) >= 11 is 2.89. The summed E-state index contributed by atoms with van der Waals surface area (Å²) in [4.78, 5) is 26.6. The maximum absolute atomic E-state index is 12.6. The summed E-state index contributed by atoms with van der Waals surface area (Å²) in [6, 6.07) is 14.2. The highest BCUT2D eigenvalue weighted by molar-refractivity contribution is 7.12. The largest absolute Gasteiger partial charge is 0.453 e. The normalized spacial score (nSPS) is 11.9. The summed E-state index contributed by atoms with van der Waals surface area (Å²) in [5.74, 6) is -0.636. The van der Waals surface area contributed by atoms with Crippen LogP contribution >= 0.6 is 22.7 Å². The number of thiophene rings is 2. The number of carbonyl (C=O) groups excluding carboxylic acids is 2. The summed E-state index contributed by atoms with van der Waals surface area (Å²) in [5, 5.41) is 3.78. The van der Waals surface area contributed by atoms with Gasteiger partial charge in [0.1, 0.15) is 6.10 Å². The molecule has 0 aliphatic heterocycles. The van der Waals surface area contributed by atoms with Crippen LogP contribution in [0.3, 0.4) is 0 Å². The van der Waals surface area contributed by atoms with Crippen molar-refractivity contribution in [1.29, 1.82) is 0 Å². The summed E-state index contributed by atoms with van der Waals surface area (Å²) in [5.41, 5.74) is 0.674. The fourth-order valence-electron chi connectivity index (χ4n) is 2.20. The van der Waals surface area contributed by atoms with E-state index in [1.807, 2.05) is 35.9 Å². The number of benzene rings is 1. The molecule has 0 amide bonds. The van der Waals surface area contributed by atoms with Gasteiger partial charge in [-0.2, -0.15) is 0 Å². The predicted molar refractivity (Wildman–Crippen MR) is 92.3 cm³/mol. The molecule has 0 saturated heterocycles. The van der Waals surface area contributed by atoms with E-state index < -0.39 is 5.97 Å². The van der Waals surface area contributed by atoms with Crippen molar-refractivity contribution in [3.8, 4) is 0 Å². The average molecular weight is 342 g/mol. The lowest BCUT2D eigenvalue weighted by molar-refractivity contribution is 0.0343. The van der Waals surface area contributed by atoms with Crippen molar-refractivity contribution in [2.75, 3.05) is 0 Å². The Morgan fingerprint density at radius 2 is 1.61 bits per heavy atom. The minimum Gasteiger partial charge on any atom is -0.453 e. The third-order valence-corrected chi connectivity index (χ3v) is 5.27. The van der Waals surface area contributed by atoms with Crippen LogP contribution in [0, 0.1) is 0 Å². The van der Waals surface area contributed by atoms with Gasteiger partial charge in [0.05, 0.1) is 10.4 Å². The Balaban J connectivity index is 1.85. The Kier molecular flexibility index (Phi) is 4.69. The lowest BCUT2D eigenvalue weighted by Gasteiger charge is -2.13. The molecule has 23 heavy (non-hydrogen) atoms. The van der Waals surface area contributed by atoms with Crippen LogP contribution in [-0.2, 0) is 4.74 Å². The van der Waals surface area contributed by atoms with Crippen molar-refractivity contribution in [3.63, 3.8) is 0 Å². The molecule has 116 valence electrons. The van der Waals surface area contributed by atoms with Gasteiger partial charge < -0.3 is 4.74 Å². The topological polar surface area (TPSA) is 43.4 Å². The molecule has 3 aromatic rings. The van der Waals surface area contributed by atoms with Crippen molar-refractivity contribution < 1.29 is 14.3 Å². The molecule has 0 aliphatic rings. The highest BCUT2D eigenvalue weighted by Gasteiger charge is 2.21. The molecule has 3 rings (SSSR count).